The number of nitrogens with zero attached hydrogens (tertiary/aromatic N) is 4. The van der Waals surface area contributed by atoms with Crippen LogP contribution in [-0.4, -0.2) is 33.4 Å². The first-order chi connectivity index (χ1) is 12.9. The lowest BCUT2D eigenvalue weighted by Crippen LogP contribution is -2.44. The summed E-state index contributed by atoms with van der Waals surface area (Å²) < 4.78 is 27.0. The van der Waals surface area contributed by atoms with E-state index in [9.17, 15) is 13.6 Å². The molecular weight excluding hydrogens is 378 g/mol. The molecule has 1 aliphatic rings. The topological polar surface area (TPSA) is 94.3 Å². The minimum Gasteiger partial charge on any atom is -0.329 e. The maximum Gasteiger partial charge on any atom is 0.257 e. The number of halogens is 3. The van der Waals surface area contributed by atoms with Gasteiger partial charge in [-0.3, -0.25) is 4.79 Å². The number of aromatic nitrogens is 2. The third-order valence-corrected chi connectivity index (χ3v) is 4.38. The van der Waals surface area contributed by atoms with Crippen LogP contribution >= 0.6 is 11.6 Å². The third-order valence-electron chi connectivity index (χ3n) is 4.14. The second-order valence-electron chi connectivity index (χ2n) is 6.00. The lowest BCUT2D eigenvalue weighted by atomic mass is 10.0. The van der Waals surface area contributed by atoms with Gasteiger partial charge >= 0.3 is 0 Å². The molecule has 0 unspecified atom stereocenters. The van der Waals surface area contributed by atoms with E-state index in [1.807, 2.05) is 0 Å². The molecule has 27 heavy (non-hydrogen) atoms. The Balaban J connectivity index is 1.84. The Hall–Kier alpha value is -2.94. The van der Waals surface area contributed by atoms with Gasteiger partial charge in [0.2, 0.25) is 5.95 Å². The highest BCUT2D eigenvalue weighted by molar-refractivity contribution is 6.30. The van der Waals surface area contributed by atoms with E-state index in [-0.39, 0.29) is 34.8 Å². The van der Waals surface area contributed by atoms with Crippen LogP contribution in [0.1, 0.15) is 23.7 Å². The molecule has 0 spiro atoms. The molecule has 0 radical (unpaired) electrons. The van der Waals surface area contributed by atoms with Gasteiger partial charge in [-0.05, 0) is 25.1 Å². The Morgan fingerprint density at radius 2 is 2.07 bits per heavy atom. The highest BCUT2D eigenvalue weighted by atomic mass is 35.5. The number of amides is 1. The van der Waals surface area contributed by atoms with Gasteiger partial charge in [0.25, 0.3) is 5.91 Å². The van der Waals surface area contributed by atoms with E-state index in [2.05, 4.69) is 20.4 Å². The summed E-state index contributed by atoms with van der Waals surface area (Å²) in [6.07, 6.45) is 2.34. The standard InChI is InChI=1S/C17H15ClF2N6O/c1-9-4-14(24-17-22-6-11(19)7-23-17)15(25-21)8-26(9)16(27)12-3-2-10(18)5-13(12)20/h2-3,5-7,9,21H,4,8H2,1H3,(H,22,23,24)/t9-/m0/s1. The molecule has 1 aromatic carbocycles. The van der Waals surface area contributed by atoms with Crippen LogP contribution in [0.5, 0.6) is 0 Å². The zero-order valence-corrected chi connectivity index (χ0v) is 15.0. The van der Waals surface area contributed by atoms with Gasteiger partial charge < -0.3 is 10.2 Å². The molecule has 0 saturated carbocycles. The fraction of sp³-hybridized carbons (Fsp3) is 0.235. The molecule has 2 N–H and O–H groups in total. The number of rotatable bonds is 4. The Morgan fingerprint density at radius 3 is 2.70 bits per heavy atom. The van der Waals surface area contributed by atoms with E-state index < -0.39 is 17.5 Å². The van der Waals surface area contributed by atoms with Gasteiger partial charge in [0, 0.05) is 23.2 Å². The molecule has 0 fully saturated rings. The van der Waals surface area contributed by atoms with Gasteiger partial charge in [-0.25, -0.2) is 24.3 Å². The van der Waals surface area contributed by atoms with Gasteiger partial charge in [0.1, 0.15) is 11.5 Å². The first-order valence-electron chi connectivity index (χ1n) is 7.99. The third kappa shape index (κ3) is 4.08. The summed E-state index contributed by atoms with van der Waals surface area (Å²) in [7, 11) is 0. The van der Waals surface area contributed by atoms with Crippen LogP contribution in [0.25, 0.3) is 0 Å². The van der Waals surface area contributed by atoms with Gasteiger partial charge in [-0.15, -0.1) is 0 Å². The van der Waals surface area contributed by atoms with Crippen LogP contribution in [-0.2, 0) is 0 Å². The normalized spacial score (nSPS) is 17.0. The van der Waals surface area contributed by atoms with Crippen LogP contribution < -0.4 is 5.32 Å². The second-order valence-corrected chi connectivity index (χ2v) is 6.43. The first kappa shape index (κ1) is 18.8. The molecule has 10 heteroatoms. The van der Waals surface area contributed by atoms with Crippen molar-refractivity contribution in [2.24, 2.45) is 5.11 Å². The quantitative estimate of drug-likeness (QED) is 0.769. The number of nitrogens with one attached hydrogen (secondary N) is 2. The number of anilines is 1. The highest BCUT2D eigenvalue weighted by Crippen LogP contribution is 2.27. The highest BCUT2D eigenvalue weighted by Gasteiger charge is 2.31. The van der Waals surface area contributed by atoms with Crippen molar-refractivity contribution in [3.05, 3.63) is 64.2 Å². The number of carbonyl (C=O) groups excluding carboxylic acids is 1. The monoisotopic (exact) mass is 392 g/mol. The predicted octanol–water partition coefficient (Wildman–Crippen LogP) is 4.00. The Morgan fingerprint density at radius 1 is 1.37 bits per heavy atom. The van der Waals surface area contributed by atoms with E-state index in [0.717, 1.165) is 18.5 Å². The van der Waals surface area contributed by atoms with Crippen LogP contribution in [0.2, 0.25) is 5.02 Å². The molecule has 0 bridgehead atoms. The smallest absolute Gasteiger partial charge is 0.257 e. The molecule has 140 valence electrons. The molecular formula is C17H15ClF2N6O. The van der Waals surface area contributed by atoms with Crippen molar-refractivity contribution >= 4 is 23.5 Å². The summed E-state index contributed by atoms with van der Waals surface area (Å²) in [6.45, 7) is 1.80. The van der Waals surface area contributed by atoms with E-state index in [1.165, 1.54) is 17.0 Å². The summed E-state index contributed by atoms with van der Waals surface area (Å²) >= 11 is 5.73. The zero-order valence-electron chi connectivity index (χ0n) is 14.2. The van der Waals surface area contributed by atoms with Gasteiger partial charge in [-0.2, -0.15) is 5.11 Å². The SMILES string of the molecule is C[C@H]1CC(Nc2ncc(F)cn2)=C(N=N)CN1C(=O)c1ccc(Cl)cc1F. The van der Waals surface area contributed by atoms with Crippen molar-refractivity contribution in [3.8, 4) is 0 Å². The fourth-order valence-electron chi connectivity index (χ4n) is 2.76. The molecule has 1 atom stereocenters. The van der Waals surface area contributed by atoms with Gasteiger partial charge in [0.15, 0.2) is 5.82 Å². The number of hydrogen-bond acceptors (Lipinski definition) is 6. The maximum absolute atomic E-state index is 14.1. The molecule has 1 aromatic heterocycles. The van der Waals surface area contributed by atoms with Crippen molar-refractivity contribution < 1.29 is 13.6 Å². The van der Waals surface area contributed by atoms with Crippen molar-refractivity contribution in [2.45, 2.75) is 19.4 Å². The Bertz CT molecular complexity index is 918. The van der Waals surface area contributed by atoms with Crippen LogP contribution in [0.4, 0.5) is 14.7 Å². The molecule has 3 rings (SSSR count). The minimum atomic E-state index is -0.711. The number of benzene rings is 1. The predicted molar refractivity (Wildman–Crippen MR) is 94.3 cm³/mol. The Kier molecular flexibility index (Phi) is 5.41. The van der Waals surface area contributed by atoms with Crippen molar-refractivity contribution in [3.63, 3.8) is 0 Å². The number of hydrogen-bond donors (Lipinski definition) is 2. The average Bonchev–Trinajstić information content (AvgIpc) is 2.63. The summed E-state index contributed by atoms with van der Waals surface area (Å²) in [5.74, 6) is -1.64. The van der Waals surface area contributed by atoms with Crippen molar-refractivity contribution in [1.29, 1.82) is 5.53 Å². The van der Waals surface area contributed by atoms with E-state index in [0.29, 0.717) is 12.1 Å². The lowest BCUT2D eigenvalue weighted by Gasteiger charge is -2.35. The first-order valence-corrected chi connectivity index (χ1v) is 8.37. The van der Waals surface area contributed by atoms with E-state index in [1.54, 1.807) is 6.92 Å². The molecule has 2 aromatic rings. The average molecular weight is 393 g/mol. The second kappa shape index (κ2) is 7.75. The van der Waals surface area contributed by atoms with Gasteiger partial charge in [0.05, 0.1) is 24.5 Å². The summed E-state index contributed by atoms with van der Waals surface area (Å²) in [4.78, 5) is 21.8. The molecule has 0 saturated heterocycles. The van der Waals surface area contributed by atoms with Crippen molar-refractivity contribution in [1.82, 2.24) is 14.9 Å². The van der Waals surface area contributed by atoms with Crippen molar-refractivity contribution in [2.75, 3.05) is 11.9 Å². The maximum atomic E-state index is 14.1. The summed E-state index contributed by atoms with van der Waals surface area (Å²) in [5, 5.41) is 6.57. The molecule has 1 amide bonds. The molecule has 0 aliphatic carbocycles. The fourth-order valence-corrected chi connectivity index (χ4v) is 2.92. The summed E-state index contributed by atoms with van der Waals surface area (Å²) in [5.41, 5.74) is 8.12. The Labute approximate surface area is 158 Å². The summed E-state index contributed by atoms with van der Waals surface area (Å²) in [6, 6.07) is 3.54. The van der Waals surface area contributed by atoms with Crippen LogP contribution in [0.15, 0.2) is 47.1 Å². The van der Waals surface area contributed by atoms with Crippen LogP contribution in [0, 0.1) is 17.2 Å². The molecule has 1 aliphatic heterocycles. The van der Waals surface area contributed by atoms with E-state index in [4.69, 9.17) is 17.1 Å². The minimum absolute atomic E-state index is 0.00902. The largest absolute Gasteiger partial charge is 0.329 e. The molecule has 7 nitrogen and oxygen atoms in total. The zero-order chi connectivity index (χ0) is 19.6. The molecule has 2 heterocycles. The van der Waals surface area contributed by atoms with Crippen LogP contribution in [0.3, 0.4) is 0 Å². The lowest BCUT2D eigenvalue weighted by molar-refractivity contribution is 0.0691. The van der Waals surface area contributed by atoms with Gasteiger partial charge in [-0.1, -0.05) is 11.6 Å². The number of carbonyl (C=O) groups is 1. The van der Waals surface area contributed by atoms with E-state index >= 15 is 0 Å².